The normalized spacial score (nSPS) is 15.4. The van der Waals surface area contributed by atoms with Crippen LogP contribution >= 0.6 is 0 Å². The zero-order chi connectivity index (χ0) is 22.0. The maximum atomic E-state index is 12.7. The molecule has 2 amide bonds. The molecule has 10 heteroatoms. The maximum absolute atomic E-state index is 12.7. The van der Waals surface area contributed by atoms with Gasteiger partial charge in [-0.05, 0) is 36.4 Å². The van der Waals surface area contributed by atoms with Gasteiger partial charge in [-0.25, -0.2) is 0 Å². The van der Waals surface area contributed by atoms with Crippen molar-refractivity contribution in [2.75, 3.05) is 19.6 Å². The van der Waals surface area contributed by atoms with Crippen molar-refractivity contribution in [2.24, 2.45) is 0 Å². The van der Waals surface area contributed by atoms with E-state index in [4.69, 9.17) is 0 Å². The molecule has 3 aromatic rings. The van der Waals surface area contributed by atoms with Crippen LogP contribution in [-0.2, 0) is 11.3 Å². The number of piperidine rings is 1. The Bertz CT molecular complexity index is 1080. The number of benzene rings is 1. The number of fused-ring (bicyclic) bond motifs is 1. The highest BCUT2D eigenvalue weighted by atomic mass is 19.4. The van der Waals surface area contributed by atoms with Gasteiger partial charge >= 0.3 is 6.18 Å². The second kappa shape index (κ2) is 8.44. The molecule has 0 aliphatic carbocycles. The molecule has 7 nitrogen and oxygen atoms in total. The minimum absolute atomic E-state index is 0.0385. The third kappa shape index (κ3) is 4.89. The predicted molar refractivity (Wildman–Crippen MR) is 107 cm³/mol. The van der Waals surface area contributed by atoms with Crippen molar-refractivity contribution in [1.82, 2.24) is 25.0 Å². The number of alkyl halides is 3. The Morgan fingerprint density at radius 1 is 1.16 bits per heavy atom. The van der Waals surface area contributed by atoms with Gasteiger partial charge in [-0.3, -0.25) is 14.7 Å². The number of amides is 2. The SMILES string of the molecule is O=C(NCC(F)(F)F)c1cc(C2CCN(C(=O)Cn3ccc4ccccc43)CC2)[nH]n1. The number of rotatable bonds is 5. The average molecular weight is 433 g/mol. The van der Waals surface area contributed by atoms with Gasteiger partial charge in [-0.1, -0.05) is 18.2 Å². The van der Waals surface area contributed by atoms with Gasteiger partial charge in [0.15, 0.2) is 0 Å². The molecule has 0 atom stereocenters. The van der Waals surface area contributed by atoms with Gasteiger partial charge in [0, 0.05) is 36.4 Å². The van der Waals surface area contributed by atoms with Crippen LogP contribution in [0.3, 0.4) is 0 Å². The van der Waals surface area contributed by atoms with Crippen LogP contribution in [0.4, 0.5) is 13.2 Å². The van der Waals surface area contributed by atoms with Crippen molar-refractivity contribution in [2.45, 2.75) is 31.5 Å². The van der Waals surface area contributed by atoms with Crippen LogP contribution in [0.25, 0.3) is 10.9 Å². The molecule has 3 heterocycles. The van der Waals surface area contributed by atoms with E-state index < -0.39 is 18.6 Å². The van der Waals surface area contributed by atoms with Crippen molar-refractivity contribution in [3.8, 4) is 0 Å². The Morgan fingerprint density at radius 3 is 2.65 bits per heavy atom. The van der Waals surface area contributed by atoms with Gasteiger partial charge in [0.2, 0.25) is 5.91 Å². The maximum Gasteiger partial charge on any atom is 0.405 e. The fraction of sp³-hybridized carbons (Fsp3) is 0.381. The molecule has 0 spiro atoms. The largest absolute Gasteiger partial charge is 0.405 e. The van der Waals surface area contributed by atoms with E-state index in [9.17, 15) is 22.8 Å². The van der Waals surface area contributed by atoms with Gasteiger partial charge in [0.05, 0.1) is 0 Å². The summed E-state index contributed by atoms with van der Waals surface area (Å²) in [5.74, 6) is -0.767. The van der Waals surface area contributed by atoms with Crippen molar-refractivity contribution >= 4 is 22.7 Å². The lowest BCUT2D eigenvalue weighted by Crippen LogP contribution is -2.39. The number of aromatic nitrogens is 3. The molecule has 1 fully saturated rings. The lowest BCUT2D eigenvalue weighted by molar-refractivity contribution is -0.132. The fourth-order valence-electron chi connectivity index (χ4n) is 3.90. The summed E-state index contributed by atoms with van der Waals surface area (Å²) in [6, 6.07) is 11.4. The first-order valence-electron chi connectivity index (χ1n) is 10.0. The number of likely N-dealkylation sites (tertiary alicyclic amines) is 1. The predicted octanol–water partition coefficient (Wildman–Crippen LogP) is 3.06. The van der Waals surface area contributed by atoms with Gasteiger partial charge in [0.1, 0.15) is 18.8 Å². The van der Waals surface area contributed by atoms with Crippen molar-refractivity contribution < 1.29 is 22.8 Å². The van der Waals surface area contributed by atoms with Crippen molar-refractivity contribution in [3.05, 3.63) is 54.0 Å². The molecule has 0 unspecified atom stereocenters. The minimum atomic E-state index is -4.47. The second-order valence-corrected chi connectivity index (χ2v) is 7.66. The number of hydrogen-bond acceptors (Lipinski definition) is 3. The van der Waals surface area contributed by atoms with Crippen molar-refractivity contribution in [1.29, 1.82) is 0 Å². The lowest BCUT2D eigenvalue weighted by Gasteiger charge is -2.31. The molecular weight excluding hydrogens is 411 g/mol. The van der Waals surface area contributed by atoms with E-state index in [0.29, 0.717) is 31.6 Å². The summed E-state index contributed by atoms with van der Waals surface area (Å²) in [4.78, 5) is 26.4. The van der Waals surface area contributed by atoms with E-state index in [-0.39, 0.29) is 24.1 Å². The zero-order valence-corrected chi connectivity index (χ0v) is 16.7. The molecule has 4 rings (SSSR count). The van der Waals surface area contributed by atoms with Crippen LogP contribution in [0.5, 0.6) is 0 Å². The lowest BCUT2D eigenvalue weighted by atomic mass is 9.93. The number of aromatic amines is 1. The van der Waals surface area contributed by atoms with E-state index in [1.54, 1.807) is 0 Å². The number of carbonyl (C=O) groups excluding carboxylic acids is 2. The minimum Gasteiger partial charge on any atom is -0.342 e. The van der Waals surface area contributed by atoms with E-state index in [2.05, 4.69) is 10.2 Å². The standard InChI is InChI=1S/C21H22F3N5O2/c22-21(23,24)13-25-20(31)17-11-16(26-27-17)14-5-8-28(9-6-14)19(30)12-29-10-7-15-3-1-2-4-18(15)29/h1-4,7,10-11,14H,5-6,8-9,12-13H2,(H,25,31)(H,26,27). The summed E-state index contributed by atoms with van der Waals surface area (Å²) < 4.78 is 38.7. The highest BCUT2D eigenvalue weighted by molar-refractivity contribution is 5.92. The Morgan fingerprint density at radius 2 is 1.90 bits per heavy atom. The van der Waals surface area contributed by atoms with E-state index in [1.165, 1.54) is 6.07 Å². The van der Waals surface area contributed by atoms with Crippen molar-refractivity contribution in [3.63, 3.8) is 0 Å². The summed E-state index contributed by atoms with van der Waals surface area (Å²) in [5, 5.41) is 9.49. The van der Waals surface area contributed by atoms with Crippen LogP contribution < -0.4 is 5.32 Å². The molecule has 1 aromatic carbocycles. The number of H-pyrrole nitrogens is 1. The molecule has 2 aromatic heterocycles. The number of halogens is 3. The molecule has 1 aliphatic rings. The van der Waals surface area contributed by atoms with Crippen LogP contribution in [0.1, 0.15) is 34.9 Å². The molecular formula is C21H22F3N5O2. The first-order valence-corrected chi connectivity index (χ1v) is 10.0. The van der Waals surface area contributed by atoms with Crippen LogP contribution in [0, 0.1) is 0 Å². The van der Waals surface area contributed by atoms with Crippen LogP contribution in [0.15, 0.2) is 42.6 Å². The average Bonchev–Trinajstić information content (AvgIpc) is 3.40. The van der Waals surface area contributed by atoms with Gasteiger partial charge in [0.25, 0.3) is 5.91 Å². The summed E-state index contributed by atoms with van der Waals surface area (Å²) in [5.41, 5.74) is 1.64. The van der Waals surface area contributed by atoms with Crippen LogP contribution in [-0.4, -0.2) is 57.3 Å². The summed E-state index contributed by atoms with van der Waals surface area (Å²) in [6.07, 6.45) is -1.19. The van der Waals surface area contributed by atoms with Gasteiger partial charge < -0.3 is 14.8 Å². The molecule has 31 heavy (non-hydrogen) atoms. The first kappa shape index (κ1) is 21.0. The van der Waals surface area contributed by atoms with E-state index >= 15 is 0 Å². The molecule has 0 bridgehead atoms. The quantitative estimate of drug-likeness (QED) is 0.649. The first-order chi connectivity index (χ1) is 14.8. The number of nitrogens with zero attached hydrogens (tertiary/aromatic N) is 3. The molecule has 0 saturated carbocycles. The Balaban J connectivity index is 1.31. The Hall–Kier alpha value is -3.30. The molecule has 164 valence electrons. The van der Waals surface area contributed by atoms with E-state index in [1.807, 2.05) is 51.3 Å². The number of para-hydroxylation sites is 1. The van der Waals surface area contributed by atoms with Crippen LogP contribution in [0.2, 0.25) is 0 Å². The zero-order valence-electron chi connectivity index (χ0n) is 16.7. The molecule has 1 saturated heterocycles. The number of carbonyl (C=O) groups is 2. The highest BCUT2D eigenvalue weighted by Crippen LogP contribution is 2.27. The molecule has 1 aliphatic heterocycles. The molecule has 2 N–H and O–H groups in total. The van der Waals surface area contributed by atoms with Gasteiger partial charge in [-0.15, -0.1) is 0 Å². The second-order valence-electron chi connectivity index (χ2n) is 7.66. The fourth-order valence-corrected chi connectivity index (χ4v) is 3.90. The third-order valence-electron chi connectivity index (χ3n) is 5.55. The Labute approximate surface area is 176 Å². The molecule has 0 radical (unpaired) electrons. The summed E-state index contributed by atoms with van der Waals surface area (Å²) in [6.45, 7) is 0.00557. The highest BCUT2D eigenvalue weighted by Gasteiger charge is 2.29. The summed E-state index contributed by atoms with van der Waals surface area (Å²) >= 11 is 0. The monoisotopic (exact) mass is 433 g/mol. The number of hydrogen-bond donors (Lipinski definition) is 2. The third-order valence-corrected chi connectivity index (χ3v) is 5.55. The smallest absolute Gasteiger partial charge is 0.342 e. The van der Waals surface area contributed by atoms with E-state index in [0.717, 1.165) is 10.9 Å². The number of nitrogens with one attached hydrogen (secondary N) is 2. The summed E-state index contributed by atoms with van der Waals surface area (Å²) in [7, 11) is 0. The Kier molecular flexibility index (Phi) is 5.71. The van der Waals surface area contributed by atoms with Gasteiger partial charge in [-0.2, -0.15) is 18.3 Å². The topological polar surface area (TPSA) is 83.0 Å².